The molecule has 1 aliphatic rings. The lowest BCUT2D eigenvalue weighted by Gasteiger charge is -2.12. The molecule has 1 atom stereocenters. The number of ether oxygens (including phenoxy) is 1. The molecule has 0 heterocycles. The van der Waals surface area contributed by atoms with E-state index >= 15 is 0 Å². The molecule has 20 heavy (non-hydrogen) atoms. The minimum Gasteiger partial charge on any atom is -0.372 e. The fourth-order valence-electron chi connectivity index (χ4n) is 1.61. The van der Waals surface area contributed by atoms with Crippen LogP contribution in [0.2, 0.25) is 0 Å². The Morgan fingerprint density at radius 1 is 1.45 bits per heavy atom. The van der Waals surface area contributed by atoms with E-state index in [2.05, 4.69) is 5.32 Å². The van der Waals surface area contributed by atoms with E-state index in [0.717, 1.165) is 6.08 Å². The van der Waals surface area contributed by atoms with Crippen molar-refractivity contribution in [1.29, 1.82) is 0 Å². The van der Waals surface area contributed by atoms with Crippen LogP contribution in [0.4, 0.5) is 17.6 Å². The van der Waals surface area contributed by atoms with Crippen molar-refractivity contribution in [2.24, 2.45) is 0 Å². The molecular formula is C13H17F4NOS. The molecule has 0 spiro atoms. The maximum Gasteiger partial charge on any atom is 0.446 e. The van der Waals surface area contributed by atoms with E-state index in [1.807, 2.05) is 6.92 Å². The van der Waals surface area contributed by atoms with Gasteiger partial charge >= 0.3 is 5.51 Å². The minimum absolute atomic E-state index is 0.0334. The highest BCUT2D eigenvalue weighted by Crippen LogP contribution is 2.39. The van der Waals surface area contributed by atoms with Gasteiger partial charge in [0.15, 0.2) is 0 Å². The average Bonchev–Trinajstić information content (AvgIpc) is 2.46. The van der Waals surface area contributed by atoms with E-state index in [1.165, 1.54) is 12.2 Å². The summed E-state index contributed by atoms with van der Waals surface area (Å²) in [7, 11) is 1.77. The molecule has 0 aromatic heterocycles. The van der Waals surface area contributed by atoms with Gasteiger partial charge in [0.25, 0.3) is 0 Å². The molecule has 0 aromatic rings. The van der Waals surface area contributed by atoms with Crippen LogP contribution in [0, 0.1) is 0 Å². The fraction of sp³-hybridized carbons (Fsp3) is 0.538. The molecule has 0 fully saturated rings. The van der Waals surface area contributed by atoms with Gasteiger partial charge in [-0.25, -0.2) is 4.39 Å². The monoisotopic (exact) mass is 311 g/mol. The van der Waals surface area contributed by atoms with E-state index in [4.69, 9.17) is 4.74 Å². The van der Waals surface area contributed by atoms with Crippen molar-refractivity contribution < 1.29 is 22.3 Å². The number of nitrogens with one attached hydrogen (secondary N) is 1. The van der Waals surface area contributed by atoms with Crippen LogP contribution in [0.25, 0.3) is 0 Å². The van der Waals surface area contributed by atoms with Crippen molar-refractivity contribution in [3.05, 3.63) is 34.5 Å². The highest BCUT2D eigenvalue weighted by Gasteiger charge is 2.30. The standard InChI is InChI=1S/C13H17F4NOS/c1-9(7-18-2)19-8-10-4-3-5-11(6-12(10)14)20-13(15,16)17/h3-4,6,9,18H,5,7-8H2,1-2H3. The first-order valence-corrected chi connectivity index (χ1v) is 6.91. The number of rotatable bonds is 6. The lowest BCUT2D eigenvalue weighted by atomic mass is 10.2. The highest BCUT2D eigenvalue weighted by atomic mass is 32.2. The van der Waals surface area contributed by atoms with Crippen LogP contribution in [0.5, 0.6) is 0 Å². The second kappa shape index (κ2) is 7.85. The van der Waals surface area contributed by atoms with E-state index < -0.39 is 11.3 Å². The molecule has 0 saturated carbocycles. The Morgan fingerprint density at radius 2 is 2.15 bits per heavy atom. The summed E-state index contributed by atoms with van der Waals surface area (Å²) >= 11 is -0.286. The summed E-state index contributed by atoms with van der Waals surface area (Å²) in [5, 5.41) is 2.92. The van der Waals surface area contributed by atoms with Crippen LogP contribution >= 0.6 is 11.8 Å². The average molecular weight is 311 g/mol. The van der Waals surface area contributed by atoms with Crippen molar-refractivity contribution in [1.82, 2.24) is 5.32 Å². The zero-order chi connectivity index (χ0) is 15.2. The summed E-state index contributed by atoms with van der Waals surface area (Å²) in [6.07, 6.45) is 3.87. The first-order chi connectivity index (χ1) is 9.31. The lowest BCUT2D eigenvalue weighted by molar-refractivity contribution is -0.0322. The van der Waals surface area contributed by atoms with Gasteiger partial charge in [-0.1, -0.05) is 12.2 Å². The Bertz CT molecular complexity index is 415. The Balaban J connectivity index is 2.69. The van der Waals surface area contributed by atoms with Crippen molar-refractivity contribution in [3.63, 3.8) is 0 Å². The summed E-state index contributed by atoms with van der Waals surface area (Å²) in [5.41, 5.74) is -4.15. The number of likely N-dealkylation sites (N-methyl/N-ethyl adjacent to an activating group) is 1. The van der Waals surface area contributed by atoms with Crippen LogP contribution in [0.15, 0.2) is 34.5 Å². The predicted molar refractivity (Wildman–Crippen MR) is 73.0 cm³/mol. The number of halogens is 4. The number of hydrogen-bond donors (Lipinski definition) is 1. The van der Waals surface area contributed by atoms with Crippen molar-refractivity contribution in [3.8, 4) is 0 Å². The maximum atomic E-state index is 13.8. The third kappa shape index (κ3) is 6.58. The van der Waals surface area contributed by atoms with Gasteiger partial charge in [0.1, 0.15) is 5.83 Å². The van der Waals surface area contributed by atoms with E-state index in [9.17, 15) is 17.6 Å². The third-order valence-electron chi connectivity index (χ3n) is 2.49. The molecule has 2 nitrogen and oxygen atoms in total. The quantitative estimate of drug-likeness (QED) is 0.751. The molecular weight excluding hydrogens is 294 g/mol. The first-order valence-electron chi connectivity index (χ1n) is 6.09. The van der Waals surface area contributed by atoms with Gasteiger partial charge in [0.2, 0.25) is 0 Å². The molecule has 1 rings (SSSR count). The highest BCUT2D eigenvalue weighted by molar-refractivity contribution is 8.03. The number of alkyl halides is 3. The van der Waals surface area contributed by atoms with Crippen LogP contribution in [-0.4, -0.2) is 31.8 Å². The topological polar surface area (TPSA) is 21.3 Å². The van der Waals surface area contributed by atoms with Gasteiger partial charge in [-0.3, -0.25) is 0 Å². The number of thioether (sulfide) groups is 1. The van der Waals surface area contributed by atoms with Gasteiger partial charge in [0, 0.05) is 17.0 Å². The van der Waals surface area contributed by atoms with Crippen molar-refractivity contribution in [2.75, 3.05) is 20.2 Å². The van der Waals surface area contributed by atoms with E-state index in [0.29, 0.717) is 6.54 Å². The predicted octanol–water partition coefficient (Wildman–Crippen LogP) is 3.93. The summed E-state index contributed by atoms with van der Waals surface area (Å²) in [4.78, 5) is -0.0653. The zero-order valence-electron chi connectivity index (χ0n) is 11.3. The molecule has 1 N–H and O–H groups in total. The minimum atomic E-state index is -4.40. The Kier molecular flexibility index (Phi) is 6.78. The maximum absolute atomic E-state index is 13.8. The second-order valence-electron chi connectivity index (χ2n) is 4.32. The molecule has 0 aromatic carbocycles. The Morgan fingerprint density at radius 3 is 2.75 bits per heavy atom. The SMILES string of the molecule is CNCC(C)OCC1=C(F)C=C(SC(F)(F)F)CC=C1. The fourth-order valence-corrected chi connectivity index (χ4v) is 2.24. The van der Waals surface area contributed by atoms with Crippen LogP contribution in [0.3, 0.4) is 0 Å². The van der Waals surface area contributed by atoms with Crippen LogP contribution < -0.4 is 5.32 Å². The molecule has 0 aliphatic heterocycles. The smallest absolute Gasteiger partial charge is 0.372 e. The summed E-state index contributed by atoms with van der Waals surface area (Å²) in [5.74, 6) is -0.679. The van der Waals surface area contributed by atoms with E-state index in [1.54, 1.807) is 7.05 Å². The van der Waals surface area contributed by atoms with Gasteiger partial charge < -0.3 is 10.1 Å². The number of allylic oxidation sites excluding steroid dienone is 4. The molecule has 1 aliphatic carbocycles. The van der Waals surface area contributed by atoms with Crippen LogP contribution in [-0.2, 0) is 4.74 Å². The summed E-state index contributed by atoms with van der Waals surface area (Å²) < 4.78 is 56.1. The normalized spacial score (nSPS) is 18.0. The zero-order valence-corrected chi connectivity index (χ0v) is 12.1. The summed E-state index contributed by atoms with van der Waals surface area (Å²) in [6.45, 7) is 2.48. The molecule has 0 radical (unpaired) electrons. The molecule has 1 unspecified atom stereocenters. The third-order valence-corrected chi connectivity index (χ3v) is 3.27. The molecule has 114 valence electrons. The molecule has 0 bridgehead atoms. The second-order valence-corrected chi connectivity index (χ2v) is 5.51. The van der Waals surface area contributed by atoms with Gasteiger partial charge in [-0.15, -0.1) is 0 Å². The number of hydrogen-bond acceptors (Lipinski definition) is 3. The molecule has 0 amide bonds. The van der Waals surface area contributed by atoms with E-state index in [-0.39, 0.29) is 41.4 Å². The molecule has 0 saturated heterocycles. The first kappa shape index (κ1) is 17.3. The van der Waals surface area contributed by atoms with Crippen molar-refractivity contribution in [2.45, 2.75) is 25.0 Å². The summed E-state index contributed by atoms with van der Waals surface area (Å²) in [6, 6.07) is 0. The lowest BCUT2D eigenvalue weighted by Crippen LogP contribution is -2.24. The largest absolute Gasteiger partial charge is 0.446 e. The van der Waals surface area contributed by atoms with Gasteiger partial charge in [-0.2, -0.15) is 13.2 Å². The Labute approximate surface area is 119 Å². The van der Waals surface area contributed by atoms with Gasteiger partial charge in [0.05, 0.1) is 12.7 Å². The van der Waals surface area contributed by atoms with Crippen molar-refractivity contribution >= 4 is 11.8 Å². The van der Waals surface area contributed by atoms with Crippen LogP contribution in [0.1, 0.15) is 13.3 Å². The molecule has 7 heteroatoms. The van der Waals surface area contributed by atoms with Gasteiger partial charge in [-0.05, 0) is 38.2 Å². The Hall–Kier alpha value is -0.790.